The van der Waals surface area contributed by atoms with Crippen molar-refractivity contribution in [3.63, 3.8) is 0 Å². The molecule has 1 aliphatic heterocycles. The number of thiophene rings is 1. The van der Waals surface area contributed by atoms with E-state index < -0.39 is 5.97 Å². The van der Waals surface area contributed by atoms with E-state index in [1.54, 1.807) is 6.08 Å². The molecular formula is C16H21NO3S. The van der Waals surface area contributed by atoms with Gasteiger partial charge in [-0.2, -0.15) is 0 Å². The van der Waals surface area contributed by atoms with E-state index in [1.165, 1.54) is 17.8 Å². The largest absolute Gasteiger partial charge is 0.478 e. The molecule has 1 fully saturated rings. The highest BCUT2D eigenvalue weighted by Crippen LogP contribution is 2.27. The molecule has 0 saturated carbocycles. The number of nitrogens with zero attached hydrogens (tertiary/aromatic N) is 1. The van der Waals surface area contributed by atoms with Crippen LogP contribution in [0.3, 0.4) is 0 Å². The SMILES string of the molecule is CCC1CCCN(C(=O)c2cc(C)c(/C=C/C(=O)O)s2)C1. The van der Waals surface area contributed by atoms with Crippen molar-refractivity contribution in [1.29, 1.82) is 0 Å². The van der Waals surface area contributed by atoms with Gasteiger partial charge in [-0.05, 0) is 43.4 Å². The third kappa shape index (κ3) is 3.94. The number of carbonyl (C=O) groups excluding carboxylic acids is 1. The second-order valence-corrected chi connectivity index (χ2v) is 6.58. The number of carboxylic acid groups (broad SMARTS) is 1. The first-order chi connectivity index (χ1) is 10.0. The lowest BCUT2D eigenvalue weighted by Gasteiger charge is -2.32. The molecule has 21 heavy (non-hydrogen) atoms. The van der Waals surface area contributed by atoms with E-state index in [2.05, 4.69) is 6.92 Å². The molecule has 114 valence electrons. The van der Waals surface area contributed by atoms with Crippen LogP contribution in [0.1, 0.15) is 46.3 Å². The molecule has 0 bridgehead atoms. The van der Waals surface area contributed by atoms with Crippen LogP contribution in [0.2, 0.25) is 0 Å². The molecule has 2 heterocycles. The Hall–Kier alpha value is -1.62. The quantitative estimate of drug-likeness (QED) is 0.867. The zero-order chi connectivity index (χ0) is 15.4. The Morgan fingerprint density at radius 2 is 2.29 bits per heavy atom. The highest BCUT2D eigenvalue weighted by Gasteiger charge is 2.24. The van der Waals surface area contributed by atoms with Crippen molar-refractivity contribution in [2.45, 2.75) is 33.1 Å². The molecule has 0 spiro atoms. The van der Waals surface area contributed by atoms with Crippen LogP contribution in [-0.2, 0) is 4.79 Å². The number of rotatable bonds is 4. The lowest BCUT2D eigenvalue weighted by Crippen LogP contribution is -2.39. The summed E-state index contributed by atoms with van der Waals surface area (Å²) in [6.45, 7) is 5.74. The Morgan fingerprint density at radius 3 is 2.95 bits per heavy atom. The monoisotopic (exact) mass is 307 g/mol. The van der Waals surface area contributed by atoms with E-state index in [0.29, 0.717) is 10.8 Å². The summed E-state index contributed by atoms with van der Waals surface area (Å²) in [6.07, 6.45) is 6.06. The first-order valence-corrected chi connectivity index (χ1v) is 8.13. The summed E-state index contributed by atoms with van der Waals surface area (Å²) < 4.78 is 0. The summed E-state index contributed by atoms with van der Waals surface area (Å²) in [5.74, 6) is -0.288. The average Bonchev–Trinajstić information content (AvgIpc) is 2.85. The Morgan fingerprint density at radius 1 is 1.52 bits per heavy atom. The molecule has 1 aromatic rings. The summed E-state index contributed by atoms with van der Waals surface area (Å²) in [6, 6.07) is 1.87. The number of carbonyl (C=O) groups is 2. The molecule has 1 N–H and O–H groups in total. The first kappa shape index (κ1) is 15.8. The smallest absolute Gasteiger partial charge is 0.328 e. The fourth-order valence-electron chi connectivity index (χ4n) is 2.65. The Balaban J connectivity index is 2.12. The van der Waals surface area contributed by atoms with Crippen molar-refractivity contribution < 1.29 is 14.7 Å². The number of hydrogen-bond acceptors (Lipinski definition) is 3. The summed E-state index contributed by atoms with van der Waals surface area (Å²) in [7, 11) is 0. The molecule has 1 aliphatic rings. The zero-order valence-electron chi connectivity index (χ0n) is 12.5. The predicted octanol–water partition coefficient (Wildman–Crippen LogP) is 3.42. The van der Waals surface area contributed by atoms with Crippen molar-refractivity contribution in [2.75, 3.05) is 13.1 Å². The van der Waals surface area contributed by atoms with Crippen molar-refractivity contribution in [2.24, 2.45) is 5.92 Å². The third-order valence-corrected chi connectivity index (χ3v) is 5.12. The van der Waals surface area contributed by atoms with Gasteiger partial charge in [-0.1, -0.05) is 13.3 Å². The van der Waals surface area contributed by atoms with Gasteiger partial charge in [0, 0.05) is 24.0 Å². The average molecular weight is 307 g/mol. The number of carboxylic acids is 1. The summed E-state index contributed by atoms with van der Waals surface area (Å²) in [5.41, 5.74) is 0.949. The molecule has 0 aliphatic carbocycles. The van der Waals surface area contributed by atoms with Gasteiger partial charge < -0.3 is 10.0 Å². The molecule has 5 heteroatoms. The van der Waals surface area contributed by atoms with E-state index in [0.717, 1.165) is 42.4 Å². The minimum absolute atomic E-state index is 0.0798. The van der Waals surface area contributed by atoms with Gasteiger partial charge in [0.2, 0.25) is 0 Å². The fraction of sp³-hybridized carbons (Fsp3) is 0.500. The second-order valence-electron chi connectivity index (χ2n) is 5.50. The van der Waals surface area contributed by atoms with Crippen LogP contribution in [0.5, 0.6) is 0 Å². The van der Waals surface area contributed by atoms with Crippen LogP contribution < -0.4 is 0 Å². The summed E-state index contributed by atoms with van der Waals surface area (Å²) in [4.78, 5) is 26.6. The number of piperidine rings is 1. The highest BCUT2D eigenvalue weighted by molar-refractivity contribution is 7.15. The molecule has 4 nitrogen and oxygen atoms in total. The predicted molar refractivity (Wildman–Crippen MR) is 84.6 cm³/mol. The maximum Gasteiger partial charge on any atom is 0.328 e. The van der Waals surface area contributed by atoms with Gasteiger partial charge in [0.05, 0.1) is 4.88 Å². The fourth-order valence-corrected chi connectivity index (χ4v) is 3.70. The van der Waals surface area contributed by atoms with Gasteiger partial charge in [0.15, 0.2) is 0 Å². The normalized spacial score (nSPS) is 19.1. The Kier molecular flexibility index (Phi) is 5.17. The maximum atomic E-state index is 12.6. The lowest BCUT2D eigenvalue weighted by atomic mass is 9.95. The highest BCUT2D eigenvalue weighted by atomic mass is 32.1. The van der Waals surface area contributed by atoms with E-state index >= 15 is 0 Å². The van der Waals surface area contributed by atoms with Gasteiger partial charge >= 0.3 is 5.97 Å². The molecule has 1 saturated heterocycles. The van der Waals surface area contributed by atoms with Crippen LogP contribution >= 0.6 is 11.3 Å². The molecule has 2 rings (SSSR count). The second kappa shape index (κ2) is 6.89. The molecule has 0 aromatic carbocycles. The van der Waals surface area contributed by atoms with Gasteiger partial charge in [-0.15, -0.1) is 11.3 Å². The number of aryl methyl sites for hydroxylation is 1. The standard InChI is InChI=1S/C16H21NO3S/c1-3-12-5-4-8-17(10-12)16(20)14-9-11(2)13(21-14)6-7-15(18)19/h6-7,9,12H,3-5,8,10H2,1-2H3,(H,18,19)/b7-6+. The minimum Gasteiger partial charge on any atom is -0.478 e. The number of aliphatic carboxylic acids is 1. The Bertz CT molecular complexity index is 562. The third-order valence-electron chi connectivity index (χ3n) is 3.93. The zero-order valence-corrected chi connectivity index (χ0v) is 13.3. The van der Waals surface area contributed by atoms with Crippen molar-refractivity contribution in [3.05, 3.63) is 27.5 Å². The number of amides is 1. The summed E-state index contributed by atoms with van der Waals surface area (Å²) in [5, 5.41) is 8.68. The van der Waals surface area contributed by atoms with Gasteiger partial charge in [-0.25, -0.2) is 4.79 Å². The molecule has 1 unspecified atom stereocenters. The van der Waals surface area contributed by atoms with Crippen LogP contribution in [0.15, 0.2) is 12.1 Å². The number of likely N-dealkylation sites (tertiary alicyclic amines) is 1. The summed E-state index contributed by atoms with van der Waals surface area (Å²) >= 11 is 1.37. The van der Waals surface area contributed by atoms with Crippen molar-refractivity contribution in [1.82, 2.24) is 4.90 Å². The lowest BCUT2D eigenvalue weighted by molar-refractivity contribution is -0.131. The van der Waals surface area contributed by atoms with Gasteiger partial charge in [0.25, 0.3) is 5.91 Å². The molecule has 0 radical (unpaired) electrons. The molecule has 1 atom stereocenters. The molecular weight excluding hydrogens is 286 g/mol. The van der Waals surface area contributed by atoms with E-state index in [9.17, 15) is 9.59 Å². The van der Waals surface area contributed by atoms with E-state index in [1.807, 2.05) is 17.9 Å². The van der Waals surface area contributed by atoms with Crippen LogP contribution in [0.25, 0.3) is 6.08 Å². The topological polar surface area (TPSA) is 57.6 Å². The minimum atomic E-state index is -0.975. The first-order valence-electron chi connectivity index (χ1n) is 7.32. The maximum absolute atomic E-state index is 12.6. The van der Waals surface area contributed by atoms with E-state index in [-0.39, 0.29) is 5.91 Å². The van der Waals surface area contributed by atoms with Gasteiger partial charge in [-0.3, -0.25) is 4.79 Å². The molecule has 1 amide bonds. The van der Waals surface area contributed by atoms with Crippen LogP contribution in [0, 0.1) is 12.8 Å². The number of hydrogen-bond donors (Lipinski definition) is 1. The van der Waals surface area contributed by atoms with Crippen LogP contribution in [0.4, 0.5) is 0 Å². The van der Waals surface area contributed by atoms with Crippen molar-refractivity contribution in [3.8, 4) is 0 Å². The Labute approximate surface area is 129 Å². The van der Waals surface area contributed by atoms with Gasteiger partial charge in [0.1, 0.15) is 0 Å². The molecule has 1 aromatic heterocycles. The van der Waals surface area contributed by atoms with Crippen molar-refractivity contribution >= 4 is 29.3 Å². The van der Waals surface area contributed by atoms with E-state index in [4.69, 9.17) is 5.11 Å². The van der Waals surface area contributed by atoms with Crippen LogP contribution in [-0.4, -0.2) is 35.0 Å².